The van der Waals surface area contributed by atoms with E-state index in [0.717, 1.165) is 19.5 Å². The molecule has 0 radical (unpaired) electrons. The summed E-state index contributed by atoms with van der Waals surface area (Å²) >= 11 is 1.73. The molecular formula is C18H20N2O2S. The van der Waals surface area contributed by atoms with Crippen molar-refractivity contribution in [1.29, 1.82) is 0 Å². The summed E-state index contributed by atoms with van der Waals surface area (Å²) < 4.78 is 5.74. The zero-order valence-electron chi connectivity index (χ0n) is 13.1. The number of carbonyl (C=O) groups is 1. The third-order valence-electron chi connectivity index (χ3n) is 4.77. The Balaban J connectivity index is 1.49. The maximum atomic E-state index is 11.5. The standard InChI is InChI=1S/C18H20N2O2S/c1-22-17(20-11-18(12-20)8-7-16(21)19-18)15-9-14(10-23-15)13-5-3-2-4-6-13/h2-6,9-10,17H,7-8,11-12H2,1H3,(H,19,21). The first-order valence-corrected chi connectivity index (χ1v) is 8.79. The molecule has 0 aliphatic carbocycles. The first-order chi connectivity index (χ1) is 11.2. The minimum atomic E-state index is -0.0272. The molecule has 2 fully saturated rings. The smallest absolute Gasteiger partial charge is 0.220 e. The van der Waals surface area contributed by atoms with Crippen molar-refractivity contribution in [1.82, 2.24) is 10.2 Å². The van der Waals surface area contributed by atoms with Gasteiger partial charge >= 0.3 is 0 Å². The molecule has 1 N–H and O–H groups in total. The number of nitrogens with one attached hydrogen (secondary N) is 1. The predicted octanol–water partition coefficient (Wildman–Crippen LogP) is 3.02. The Morgan fingerprint density at radius 2 is 2.04 bits per heavy atom. The average Bonchev–Trinajstić information content (AvgIpc) is 3.16. The third kappa shape index (κ3) is 2.69. The second-order valence-corrected chi connectivity index (χ2v) is 7.37. The summed E-state index contributed by atoms with van der Waals surface area (Å²) in [6, 6.07) is 12.6. The Labute approximate surface area is 140 Å². The van der Waals surface area contributed by atoms with Crippen LogP contribution in [0.1, 0.15) is 23.9 Å². The van der Waals surface area contributed by atoms with Crippen molar-refractivity contribution in [3.05, 3.63) is 46.7 Å². The van der Waals surface area contributed by atoms with E-state index >= 15 is 0 Å². The number of methoxy groups -OCH3 is 1. The van der Waals surface area contributed by atoms with Gasteiger partial charge in [0.05, 0.1) is 5.54 Å². The van der Waals surface area contributed by atoms with Crippen LogP contribution in [0.4, 0.5) is 0 Å². The molecule has 1 spiro atoms. The van der Waals surface area contributed by atoms with E-state index in [-0.39, 0.29) is 17.7 Å². The monoisotopic (exact) mass is 328 g/mol. The van der Waals surface area contributed by atoms with Gasteiger partial charge in [-0.2, -0.15) is 0 Å². The molecule has 2 aliphatic rings. The van der Waals surface area contributed by atoms with Crippen molar-refractivity contribution in [3.8, 4) is 11.1 Å². The molecule has 0 saturated carbocycles. The average molecular weight is 328 g/mol. The summed E-state index contributed by atoms with van der Waals surface area (Å²) in [5.74, 6) is 0.182. The molecule has 1 unspecified atom stereocenters. The van der Waals surface area contributed by atoms with Gasteiger partial charge in [0.15, 0.2) is 0 Å². The molecule has 1 amide bonds. The molecule has 120 valence electrons. The van der Waals surface area contributed by atoms with Gasteiger partial charge in [-0.15, -0.1) is 11.3 Å². The highest BCUT2D eigenvalue weighted by atomic mass is 32.1. The Kier molecular flexibility index (Phi) is 3.71. The van der Waals surface area contributed by atoms with E-state index in [9.17, 15) is 4.79 Å². The highest BCUT2D eigenvalue weighted by Gasteiger charge is 2.50. The number of benzene rings is 1. The summed E-state index contributed by atoms with van der Waals surface area (Å²) in [4.78, 5) is 15.0. The molecule has 3 heterocycles. The number of amides is 1. The fourth-order valence-electron chi connectivity index (χ4n) is 3.62. The van der Waals surface area contributed by atoms with E-state index < -0.39 is 0 Å². The quantitative estimate of drug-likeness (QED) is 0.938. The Morgan fingerprint density at radius 3 is 2.70 bits per heavy atom. The van der Waals surface area contributed by atoms with E-state index in [1.165, 1.54) is 16.0 Å². The second kappa shape index (κ2) is 5.74. The van der Waals surface area contributed by atoms with Crippen molar-refractivity contribution in [2.45, 2.75) is 24.6 Å². The highest BCUT2D eigenvalue weighted by molar-refractivity contribution is 7.10. The number of hydrogen-bond acceptors (Lipinski definition) is 4. The zero-order chi connectivity index (χ0) is 15.9. The van der Waals surface area contributed by atoms with Crippen LogP contribution in [0.5, 0.6) is 0 Å². The van der Waals surface area contributed by atoms with Crippen LogP contribution in [0.3, 0.4) is 0 Å². The molecule has 2 aromatic rings. The van der Waals surface area contributed by atoms with E-state index in [0.29, 0.717) is 6.42 Å². The van der Waals surface area contributed by atoms with E-state index in [1.807, 2.05) is 6.07 Å². The predicted molar refractivity (Wildman–Crippen MR) is 91.2 cm³/mol. The molecule has 4 rings (SSSR count). The first kappa shape index (κ1) is 14.9. The van der Waals surface area contributed by atoms with Gasteiger partial charge in [-0.3, -0.25) is 9.69 Å². The fourth-order valence-corrected chi connectivity index (χ4v) is 4.64. The lowest BCUT2D eigenvalue weighted by Crippen LogP contribution is -2.67. The number of hydrogen-bond donors (Lipinski definition) is 1. The SMILES string of the molecule is COC(c1cc(-c2ccccc2)cs1)N1CC2(CCC(=O)N2)C1. The number of thiophene rings is 1. The molecule has 0 bridgehead atoms. The molecule has 2 saturated heterocycles. The van der Waals surface area contributed by atoms with Crippen LogP contribution in [-0.4, -0.2) is 36.5 Å². The molecule has 1 aromatic carbocycles. The Bertz CT molecular complexity index is 707. The van der Waals surface area contributed by atoms with Crippen molar-refractivity contribution >= 4 is 17.2 Å². The van der Waals surface area contributed by atoms with Crippen LogP contribution >= 0.6 is 11.3 Å². The van der Waals surface area contributed by atoms with Crippen LogP contribution in [0.25, 0.3) is 11.1 Å². The van der Waals surface area contributed by atoms with Crippen LogP contribution < -0.4 is 5.32 Å². The van der Waals surface area contributed by atoms with Crippen LogP contribution in [0.2, 0.25) is 0 Å². The van der Waals surface area contributed by atoms with Crippen molar-refractivity contribution in [2.75, 3.05) is 20.2 Å². The Morgan fingerprint density at radius 1 is 1.26 bits per heavy atom. The largest absolute Gasteiger partial charge is 0.361 e. The number of likely N-dealkylation sites (tertiary alicyclic amines) is 1. The van der Waals surface area contributed by atoms with Crippen LogP contribution in [-0.2, 0) is 9.53 Å². The maximum absolute atomic E-state index is 11.5. The summed E-state index contributed by atoms with van der Waals surface area (Å²) in [6.07, 6.45) is 1.57. The van der Waals surface area contributed by atoms with Gasteiger partial charge in [0.1, 0.15) is 6.23 Å². The fraction of sp³-hybridized carbons (Fsp3) is 0.389. The van der Waals surface area contributed by atoms with Gasteiger partial charge < -0.3 is 10.1 Å². The number of rotatable bonds is 4. The lowest BCUT2D eigenvalue weighted by atomic mass is 9.88. The Hall–Kier alpha value is -1.69. The first-order valence-electron chi connectivity index (χ1n) is 7.91. The number of nitrogens with zero attached hydrogens (tertiary/aromatic N) is 1. The minimum absolute atomic E-state index is 0.00656. The minimum Gasteiger partial charge on any atom is -0.361 e. The summed E-state index contributed by atoms with van der Waals surface area (Å²) in [6.45, 7) is 1.74. The molecule has 2 aliphatic heterocycles. The van der Waals surface area contributed by atoms with Gasteiger partial charge in [0.25, 0.3) is 0 Å². The number of ether oxygens (including phenoxy) is 1. The van der Waals surface area contributed by atoms with Crippen molar-refractivity contribution in [3.63, 3.8) is 0 Å². The molecule has 5 heteroatoms. The van der Waals surface area contributed by atoms with Crippen LogP contribution in [0.15, 0.2) is 41.8 Å². The van der Waals surface area contributed by atoms with Crippen molar-refractivity contribution in [2.24, 2.45) is 0 Å². The summed E-state index contributed by atoms with van der Waals surface area (Å²) in [7, 11) is 1.75. The summed E-state index contributed by atoms with van der Waals surface area (Å²) in [5.41, 5.74) is 2.46. The van der Waals surface area contributed by atoms with Gasteiger partial charge in [-0.25, -0.2) is 0 Å². The topological polar surface area (TPSA) is 41.6 Å². The maximum Gasteiger partial charge on any atom is 0.220 e. The van der Waals surface area contributed by atoms with E-state index in [2.05, 4.69) is 45.9 Å². The van der Waals surface area contributed by atoms with Gasteiger partial charge in [-0.05, 0) is 29.0 Å². The van der Waals surface area contributed by atoms with Crippen LogP contribution in [0, 0.1) is 0 Å². The second-order valence-electron chi connectivity index (χ2n) is 6.43. The molecular weight excluding hydrogens is 308 g/mol. The molecule has 1 aromatic heterocycles. The molecule has 4 nitrogen and oxygen atoms in total. The third-order valence-corrected chi connectivity index (χ3v) is 5.74. The number of carbonyl (C=O) groups excluding carboxylic acids is 1. The van der Waals surface area contributed by atoms with Gasteiger partial charge in [0.2, 0.25) is 5.91 Å². The van der Waals surface area contributed by atoms with Gasteiger partial charge in [-0.1, -0.05) is 30.3 Å². The van der Waals surface area contributed by atoms with E-state index in [1.54, 1.807) is 18.4 Å². The molecule has 23 heavy (non-hydrogen) atoms. The highest BCUT2D eigenvalue weighted by Crippen LogP contribution is 2.39. The molecule has 1 atom stereocenters. The lowest BCUT2D eigenvalue weighted by Gasteiger charge is -2.50. The lowest BCUT2D eigenvalue weighted by molar-refractivity contribution is -0.125. The zero-order valence-corrected chi connectivity index (χ0v) is 13.9. The normalized spacial score (nSPS) is 21.2. The van der Waals surface area contributed by atoms with Gasteiger partial charge in [0, 0.05) is 31.5 Å². The summed E-state index contributed by atoms with van der Waals surface area (Å²) in [5, 5.41) is 5.31. The van der Waals surface area contributed by atoms with E-state index in [4.69, 9.17) is 4.74 Å². The van der Waals surface area contributed by atoms with Crippen molar-refractivity contribution < 1.29 is 9.53 Å².